The van der Waals surface area contributed by atoms with Crippen molar-refractivity contribution in [2.75, 3.05) is 13.1 Å². The van der Waals surface area contributed by atoms with E-state index in [1.807, 2.05) is 56.0 Å². The van der Waals surface area contributed by atoms with Crippen molar-refractivity contribution in [2.24, 2.45) is 22.6 Å². The number of nitrogens with two attached hydrogens (primary N) is 1. The zero-order chi connectivity index (χ0) is 21.0. The van der Waals surface area contributed by atoms with Gasteiger partial charge >= 0.3 is 6.09 Å². The lowest BCUT2D eigenvalue weighted by Crippen LogP contribution is -2.36. The van der Waals surface area contributed by atoms with Crippen LogP contribution in [0.2, 0.25) is 0 Å². The number of rotatable bonds is 5. The molecule has 2 fully saturated rings. The third kappa shape index (κ3) is 5.52. The third-order valence-electron chi connectivity index (χ3n) is 5.40. The van der Waals surface area contributed by atoms with Crippen LogP contribution >= 0.6 is 0 Å². The molecule has 1 saturated carbocycles. The van der Waals surface area contributed by atoms with Gasteiger partial charge in [0.2, 0.25) is 0 Å². The standard InChI is InChI=1S/C23H33N3O3/c1-5-7-21(25-15-24)16-8-6-9-19(10-16)28-20-11-17-13-26(14-18(17)12-20)22(27)29-23(2,3)4/h6-10,15,17-18,20H,5,11-14H2,1-4H3,(H2,24,25)/b21-7-/t17-,18+,20?. The number of amides is 1. The molecule has 1 aliphatic carbocycles. The molecule has 29 heavy (non-hydrogen) atoms. The number of aliphatic imine (C=N–C) groups is 1. The van der Waals surface area contributed by atoms with Gasteiger partial charge in [-0.3, -0.25) is 0 Å². The minimum Gasteiger partial charge on any atom is -0.490 e. The average molecular weight is 400 g/mol. The smallest absolute Gasteiger partial charge is 0.410 e. The lowest BCUT2D eigenvalue weighted by molar-refractivity contribution is 0.0272. The molecule has 0 bridgehead atoms. The number of fused-ring (bicyclic) bond motifs is 1. The van der Waals surface area contributed by atoms with Gasteiger partial charge in [-0.05, 0) is 64.0 Å². The fourth-order valence-corrected chi connectivity index (χ4v) is 4.26. The SMILES string of the molecule is CC/C=C(\N=C/N)c1cccc(OC2C[C@@H]3CN(C(=O)OC(C)(C)C)C[C@@H]3C2)c1. The van der Waals surface area contributed by atoms with Crippen LogP contribution in [-0.2, 0) is 4.74 Å². The molecule has 6 heteroatoms. The second-order valence-electron chi connectivity index (χ2n) is 8.92. The van der Waals surface area contributed by atoms with Crippen molar-refractivity contribution in [1.29, 1.82) is 0 Å². The van der Waals surface area contributed by atoms with Crippen molar-refractivity contribution in [3.8, 4) is 5.75 Å². The van der Waals surface area contributed by atoms with Crippen molar-refractivity contribution in [3.63, 3.8) is 0 Å². The maximum atomic E-state index is 12.3. The van der Waals surface area contributed by atoms with Gasteiger partial charge in [-0.2, -0.15) is 0 Å². The van der Waals surface area contributed by atoms with Gasteiger partial charge in [0, 0.05) is 18.7 Å². The third-order valence-corrected chi connectivity index (χ3v) is 5.40. The van der Waals surface area contributed by atoms with Crippen LogP contribution in [0.4, 0.5) is 4.79 Å². The number of likely N-dealkylation sites (tertiary alicyclic amines) is 1. The van der Waals surface area contributed by atoms with Crippen LogP contribution in [0, 0.1) is 11.8 Å². The summed E-state index contributed by atoms with van der Waals surface area (Å²) in [5, 5.41) is 0. The van der Waals surface area contributed by atoms with Crippen LogP contribution in [0.25, 0.3) is 5.70 Å². The summed E-state index contributed by atoms with van der Waals surface area (Å²) in [6.45, 7) is 9.30. The second kappa shape index (κ2) is 8.89. The predicted octanol–water partition coefficient (Wildman–Crippen LogP) is 4.45. The van der Waals surface area contributed by atoms with E-state index in [1.165, 1.54) is 6.34 Å². The van der Waals surface area contributed by atoms with Crippen LogP contribution in [0.15, 0.2) is 35.3 Å². The first-order valence-corrected chi connectivity index (χ1v) is 10.5. The molecule has 2 aliphatic rings. The number of benzene rings is 1. The highest BCUT2D eigenvalue weighted by atomic mass is 16.6. The number of hydrogen-bond acceptors (Lipinski definition) is 4. The van der Waals surface area contributed by atoms with E-state index in [0.717, 1.165) is 49.4 Å². The first-order chi connectivity index (χ1) is 13.8. The molecule has 2 N–H and O–H groups in total. The number of hydrogen-bond donors (Lipinski definition) is 1. The van der Waals surface area contributed by atoms with Crippen molar-refractivity contribution < 1.29 is 14.3 Å². The maximum absolute atomic E-state index is 12.3. The number of nitrogens with zero attached hydrogens (tertiary/aromatic N) is 2. The van der Waals surface area contributed by atoms with Crippen LogP contribution < -0.4 is 10.5 Å². The largest absolute Gasteiger partial charge is 0.490 e. The Balaban J connectivity index is 1.58. The molecular formula is C23H33N3O3. The Labute approximate surface area is 173 Å². The van der Waals surface area contributed by atoms with Gasteiger partial charge in [-0.25, -0.2) is 9.79 Å². The lowest BCUT2D eigenvalue weighted by atomic mass is 10.0. The lowest BCUT2D eigenvalue weighted by Gasteiger charge is -2.25. The highest BCUT2D eigenvalue weighted by Gasteiger charge is 2.44. The Kier molecular flexibility index (Phi) is 6.50. The highest BCUT2D eigenvalue weighted by Crippen LogP contribution is 2.40. The Morgan fingerprint density at radius 3 is 2.55 bits per heavy atom. The van der Waals surface area contributed by atoms with E-state index in [1.54, 1.807) is 0 Å². The minimum absolute atomic E-state index is 0.178. The highest BCUT2D eigenvalue weighted by molar-refractivity contribution is 5.72. The maximum Gasteiger partial charge on any atom is 0.410 e. The predicted molar refractivity (Wildman–Crippen MR) is 116 cm³/mol. The van der Waals surface area contributed by atoms with E-state index >= 15 is 0 Å². The first kappa shape index (κ1) is 21.2. The fourth-order valence-electron chi connectivity index (χ4n) is 4.26. The summed E-state index contributed by atoms with van der Waals surface area (Å²) in [6, 6.07) is 8.01. The molecule has 1 unspecified atom stereocenters. The number of carbonyl (C=O) groups is 1. The van der Waals surface area contributed by atoms with Crippen LogP contribution in [0.5, 0.6) is 5.75 Å². The summed E-state index contributed by atoms with van der Waals surface area (Å²) in [5.41, 5.74) is 6.89. The zero-order valence-corrected chi connectivity index (χ0v) is 17.9. The van der Waals surface area contributed by atoms with Crippen LogP contribution in [0.1, 0.15) is 52.5 Å². The molecule has 0 aromatic heterocycles. The van der Waals surface area contributed by atoms with E-state index in [0.29, 0.717) is 11.8 Å². The Hall–Kier alpha value is -2.50. The second-order valence-corrected chi connectivity index (χ2v) is 8.92. The van der Waals surface area contributed by atoms with E-state index in [-0.39, 0.29) is 12.2 Å². The molecule has 3 rings (SSSR count). The molecule has 6 nitrogen and oxygen atoms in total. The average Bonchev–Trinajstić information content (AvgIpc) is 3.19. The summed E-state index contributed by atoms with van der Waals surface area (Å²) in [6.07, 6.45) is 6.17. The van der Waals surface area contributed by atoms with E-state index < -0.39 is 5.60 Å². The van der Waals surface area contributed by atoms with Crippen molar-refractivity contribution in [2.45, 2.75) is 58.7 Å². The first-order valence-electron chi connectivity index (χ1n) is 10.5. The molecule has 0 spiro atoms. The van der Waals surface area contributed by atoms with Crippen molar-refractivity contribution >= 4 is 18.1 Å². The number of ether oxygens (including phenoxy) is 2. The zero-order valence-electron chi connectivity index (χ0n) is 17.9. The van der Waals surface area contributed by atoms with Crippen molar-refractivity contribution in [3.05, 3.63) is 35.9 Å². The van der Waals surface area contributed by atoms with Gasteiger partial charge in [0.1, 0.15) is 11.4 Å². The van der Waals surface area contributed by atoms with Crippen molar-refractivity contribution in [1.82, 2.24) is 4.90 Å². The monoisotopic (exact) mass is 399 g/mol. The molecule has 3 atom stereocenters. The van der Waals surface area contributed by atoms with Gasteiger partial charge in [0.25, 0.3) is 0 Å². The summed E-state index contributed by atoms with van der Waals surface area (Å²) in [4.78, 5) is 18.4. The minimum atomic E-state index is -0.454. The summed E-state index contributed by atoms with van der Waals surface area (Å²) in [7, 11) is 0. The normalized spacial score (nSPS) is 24.8. The van der Waals surface area contributed by atoms with Crippen LogP contribution in [-0.4, -0.2) is 42.1 Å². The summed E-state index contributed by atoms with van der Waals surface area (Å²) in [5.74, 6) is 1.81. The summed E-state index contributed by atoms with van der Waals surface area (Å²) < 4.78 is 11.8. The molecular weight excluding hydrogens is 366 g/mol. The van der Waals surface area contributed by atoms with Gasteiger partial charge in [0.05, 0.1) is 18.1 Å². The van der Waals surface area contributed by atoms with E-state index in [2.05, 4.69) is 11.9 Å². The molecule has 1 aromatic rings. The molecule has 1 heterocycles. The molecule has 1 aromatic carbocycles. The topological polar surface area (TPSA) is 77.2 Å². The molecule has 1 saturated heterocycles. The molecule has 1 amide bonds. The van der Waals surface area contributed by atoms with Gasteiger partial charge < -0.3 is 20.1 Å². The van der Waals surface area contributed by atoms with Gasteiger partial charge in [-0.15, -0.1) is 0 Å². The Morgan fingerprint density at radius 1 is 1.28 bits per heavy atom. The fraction of sp³-hybridized carbons (Fsp3) is 0.565. The van der Waals surface area contributed by atoms with E-state index in [4.69, 9.17) is 15.2 Å². The molecule has 158 valence electrons. The molecule has 0 radical (unpaired) electrons. The van der Waals surface area contributed by atoms with Gasteiger partial charge in [0.15, 0.2) is 0 Å². The van der Waals surface area contributed by atoms with Gasteiger partial charge in [-0.1, -0.05) is 25.1 Å². The Bertz CT molecular complexity index is 768. The molecule has 1 aliphatic heterocycles. The van der Waals surface area contributed by atoms with E-state index in [9.17, 15) is 4.79 Å². The number of allylic oxidation sites excluding steroid dienone is 1. The van der Waals surface area contributed by atoms with Crippen LogP contribution in [0.3, 0.4) is 0 Å². The summed E-state index contributed by atoms with van der Waals surface area (Å²) >= 11 is 0. The quantitative estimate of drug-likeness (QED) is 0.586. The number of carbonyl (C=O) groups excluding carboxylic acids is 1. The Morgan fingerprint density at radius 2 is 1.97 bits per heavy atom.